The van der Waals surface area contributed by atoms with Crippen LogP contribution in [0.4, 0.5) is 0 Å². The van der Waals surface area contributed by atoms with Crippen LogP contribution in [0.25, 0.3) is 0 Å². The molecule has 0 radical (unpaired) electrons. The van der Waals surface area contributed by atoms with E-state index in [4.69, 9.17) is 5.11 Å². The Kier molecular flexibility index (Phi) is 5.96. The monoisotopic (exact) mass is 399 g/mol. The molecule has 4 nitrogen and oxygen atoms in total. The van der Waals surface area contributed by atoms with Crippen LogP contribution in [-0.4, -0.2) is 31.1 Å². The molecule has 20 heavy (non-hydrogen) atoms. The molecule has 1 saturated carbocycles. The van der Waals surface area contributed by atoms with Crippen molar-refractivity contribution in [3.8, 4) is 0 Å². The normalized spacial score (nSPS) is 23.9. The van der Waals surface area contributed by atoms with E-state index in [1.807, 2.05) is 11.8 Å². The maximum atomic E-state index is 12.4. The maximum Gasteiger partial charge on any atom is 0.242 e. The van der Waals surface area contributed by atoms with E-state index < -0.39 is 10.0 Å². The second-order valence-electron chi connectivity index (χ2n) is 4.85. The minimum atomic E-state index is -3.52. The summed E-state index contributed by atoms with van der Waals surface area (Å²) in [6.07, 6.45) is 6.08. The third-order valence-corrected chi connectivity index (χ3v) is 8.29. The number of halogens is 1. The van der Waals surface area contributed by atoms with Crippen molar-refractivity contribution in [3.05, 3.63) is 14.7 Å². The molecule has 1 fully saturated rings. The lowest BCUT2D eigenvalue weighted by Gasteiger charge is -2.28. The lowest BCUT2D eigenvalue weighted by Crippen LogP contribution is -2.39. The fourth-order valence-corrected chi connectivity index (χ4v) is 7.06. The quantitative estimate of drug-likeness (QED) is 0.798. The van der Waals surface area contributed by atoms with Gasteiger partial charge < -0.3 is 5.11 Å². The number of thiophene rings is 1. The Morgan fingerprint density at radius 1 is 1.55 bits per heavy atom. The zero-order valence-electron chi connectivity index (χ0n) is 11.1. The smallest absolute Gasteiger partial charge is 0.242 e. The van der Waals surface area contributed by atoms with E-state index in [0.29, 0.717) is 13.9 Å². The van der Waals surface area contributed by atoms with Gasteiger partial charge in [-0.3, -0.25) is 0 Å². The van der Waals surface area contributed by atoms with E-state index in [9.17, 15) is 8.42 Å². The molecule has 114 valence electrons. The second kappa shape index (κ2) is 7.11. The third kappa shape index (κ3) is 3.98. The van der Waals surface area contributed by atoms with Gasteiger partial charge in [-0.15, -0.1) is 11.3 Å². The third-order valence-electron chi connectivity index (χ3n) is 3.43. The Labute approximate surface area is 136 Å². The van der Waals surface area contributed by atoms with Crippen LogP contribution in [0.2, 0.25) is 0 Å². The van der Waals surface area contributed by atoms with Gasteiger partial charge in [0.05, 0.1) is 10.4 Å². The predicted octanol–water partition coefficient (Wildman–Crippen LogP) is 2.96. The molecular weight excluding hydrogens is 382 g/mol. The minimum Gasteiger partial charge on any atom is -0.391 e. The number of rotatable bonds is 5. The Morgan fingerprint density at radius 2 is 2.30 bits per heavy atom. The van der Waals surface area contributed by atoms with Gasteiger partial charge in [-0.2, -0.15) is 11.8 Å². The average molecular weight is 400 g/mol. The highest BCUT2D eigenvalue weighted by atomic mass is 79.9. The van der Waals surface area contributed by atoms with E-state index in [0.717, 1.165) is 25.7 Å². The summed E-state index contributed by atoms with van der Waals surface area (Å²) >= 11 is 6.33. The average Bonchev–Trinajstić information content (AvgIpc) is 2.80. The van der Waals surface area contributed by atoms with E-state index in [1.54, 1.807) is 0 Å². The van der Waals surface area contributed by atoms with Gasteiger partial charge in [0.15, 0.2) is 0 Å². The number of hydrogen-bond donors (Lipinski definition) is 2. The van der Waals surface area contributed by atoms with E-state index in [1.165, 1.54) is 17.4 Å². The number of hydrogen-bond acceptors (Lipinski definition) is 5. The topological polar surface area (TPSA) is 66.4 Å². The fraction of sp³-hybridized carbons (Fsp3) is 0.667. The predicted molar refractivity (Wildman–Crippen MR) is 87.8 cm³/mol. The van der Waals surface area contributed by atoms with Gasteiger partial charge >= 0.3 is 0 Å². The minimum absolute atomic E-state index is 0.00979. The van der Waals surface area contributed by atoms with Crippen LogP contribution in [0.1, 0.15) is 30.6 Å². The zero-order chi connectivity index (χ0) is 14.8. The molecule has 2 N–H and O–H groups in total. The summed E-state index contributed by atoms with van der Waals surface area (Å²) in [5, 5.41) is 9.64. The Morgan fingerprint density at radius 3 is 2.90 bits per heavy atom. The van der Waals surface area contributed by atoms with Crippen LogP contribution < -0.4 is 4.72 Å². The Hall–Kier alpha value is 0.400. The fourth-order valence-electron chi connectivity index (χ4n) is 2.41. The van der Waals surface area contributed by atoms with Crippen molar-refractivity contribution in [2.75, 3.05) is 6.26 Å². The molecule has 2 atom stereocenters. The van der Waals surface area contributed by atoms with Crippen molar-refractivity contribution < 1.29 is 13.5 Å². The summed E-state index contributed by atoms with van der Waals surface area (Å²) in [6.45, 7) is -0.142. The summed E-state index contributed by atoms with van der Waals surface area (Å²) in [4.78, 5) is 0.876. The summed E-state index contributed by atoms with van der Waals surface area (Å²) in [7, 11) is -3.52. The van der Waals surface area contributed by atoms with Gasteiger partial charge in [-0.1, -0.05) is 6.42 Å². The molecule has 0 spiro atoms. The molecule has 8 heteroatoms. The summed E-state index contributed by atoms with van der Waals surface area (Å²) in [5.74, 6) is 0. The van der Waals surface area contributed by atoms with Gasteiger partial charge in [0.25, 0.3) is 0 Å². The summed E-state index contributed by atoms with van der Waals surface area (Å²) < 4.78 is 28.2. The Bertz CT molecular complexity index is 558. The first-order valence-corrected chi connectivity index (χ1v) is 10.8. The van der Waals surface area contributed by atoms with Gasteiger partial charge in [0, 0.05) is 16.2 Å². The van der Waals surface area contributed by atoms with Crippen molar-refractivity contribution >= 4 is 49.1 Å². The first-order chi connectivity index (χ1) is 9.46. The van der Waals surface area contributed by atoms with Gasteiger partial charge in [-0.05, 0) is 47.5 Å². The molecule has 1 aliphatic rings. The van der Waals surface area contributed by atoms with Crippen LogP contribution >= 0.6 is 39.0 Å². The molecule has 1 aromatic rings. The molecular formula is C12H18BrNO3S3. The van der Waals surface area contributed by atoms with Gasteiger partial charge in [0.2, 0.25) is 10.0 Å². The number of aliphatic hydroxyl groups excluding tert-OH is 1. The van der Waals surface area contributed by atoms with Gasteiger partial charge in [0.1, 0.15) is 4.90 Å². The lowest BCUT2D eigenvalue weighted by molar-refractivity contribution is 0.285. The summed E-state index contributed by atoms with van der Waals surface area (Å²) in [5.41, 5.74) is 0. The van der Waals surface area contributed by atoms with Crippen molar-refractivity contribution in [2.45, 2.75) is 48.5 Å². The summed E-state index contributed by atoms with van der Waals surface area (Å²) in [6, 6.07) is 1.54. The molecule has 1 aliphatic carbocycles. The maximum absolute atomic E-state index is 12.4. The molecule has 0 aliphatic heterocycles. The van der Waals surface area contributed by atoms with Crippen LogP contribution in [-0.2, 0) is 16.6 Å². The molecule has 2 rings (SSSR count). The van der Waals surface area contributed by atoms with Gasteiger partial charge in [-0.25, -0.2) is 13.1 Å². The SMILES string of the molecule is CSC1CCCC(NS(=O)(=O)c2cc(CO)sc2Br)C1. The van der Waals surface area contributed by atoms with E-state index in [2.05, 4.69) is 26.9 Å². The van der Waals surface area contributed by atoms with Crippen molar-refractivity contribution in [1.29, 1.82) is 0 Å². The highest BCUT2D eigenvalue weighted by molar-refractivity contribution is 9.11. The second-order valence-corrected chi connectivity index (χ2v) is 10.1. The Balaban J connectivity index is 2.12. The first kappa shape index (κ1) is 16.8. The standard InChI is InChI=1S/C12H18BrNO3S3/c1-18-9-4-2-3-8(5-9)14-20(16,17)11-6-10(7-15)19-12(11)13/h6,8-9,14-15H,2-5,7H2,1H3. The molecule has 0 bridgehead atoms. The van der Waals surface area contributed by atoms with E-state index in [-0.39, 0.29) is 17.5 Å². The number of aliphatic hydroxyl groups is 1. The van der Waals surface area contributed by atoms with Crippen LogP contribution in [0.3, 0.4) is 0 Å². The molecule has 2 unspecified atom stereocenters. The number of sulfonamides is 1. The molecule has 0 saturated heterocycles. The molecule has 1 aromatic heterocycles. The van der Waals surface area contributed by atoms with Crippen molar-refractivity contribution in [2.24, 2.45) is 0 Å². The molecule has 0 amide bonds. The zero-order valence-corrected chi connectivity index (χ0v) is 15.2. The largest absolute Gasteiger partial charge is 0.391 e. The number of thioether (sulfide) groups is 1. The molecule has 1 heterocycles. The van der Waals surface area contributed by atoms with Crippen LogP contribution in [0.15, 0.2) is 14.7 Å². The highest BCUT2D eigenvalue weighted by Gasteiger charge is 2.28. The number of nitrogens with one attached hydrogen (secondary N) is 1. The van der Waals surface area contributed by atoms with Crippen LogP contribution in [0, 0.1) is 0 Å². The first-order valence-electron chi connectivity index (χ1n) is 6.40. The van der Waals surface area contributed by atoms with Crippen molar-refractivity contribution in [1.82, 2.24) is 4.72 Å². The molecule has 0 aromatic carbocycles. The van der Waals surface area contributed by atoms with Crippen LogP contribution in [0.5, 0.6) is 0 Å². The van der Waals surface area contributed by atoms with Crippen molar-refractivity contribution in [3.63, 3.8) is 0 Å². The lowest BCUT2D eigenvalue weighted by atomic mass is 9.96. The van der Waals surface area contributed by atoms with E-state index >= 15 is 0 Å². The highest BCUT2D eigenvalue weighted by Crippen LogP contribution is 2.33.